The predicted molar refractivity (Wildman–Crippen MR) is 86.2 cm³/mol. The van der Waals surface area contributed by atoms with E-state index in [1.54, 1.807) is 11.3 Å². The summed E-state index contributed by atoms with van der Waals surface area (Å²) < 4.78 is 5.64. The van der Waals surface area contributed by atoms with Crippen LogP contribution in [0.3, 0.4) is 0 Å². The van der Waals surface area contributed by atoms with Crippen molar-refractivity contribution in [3.05, 3.63) is 39.7 Å². The van der Waals surface area contributed by atoms with Gasteiger partial charge in [0.1, 0.15) is 16.5 Å². The van der Waals surface area contributed by atoms with E-state index < -0.39 is 0 Å². The molecule has 0 spiro atoms. The molecule has 1 amide bonds. The summed E-state index contributed by atoms with van der Waals surface area (Å²) in [5.41, 5.74) is 2.07. The molecule has 5 nitrogen and oxygen atoms in total. The van der Waals surface area contributed by atoms with Crippen molar-refractivity contribution in [2.75, 3.05) is 18.4 Å². The number of thiophene rings is 1. The fourth-order valence-electron chi connectivity index (χ4n) is 3.19. The maximum Gasteiger partial charge on any atom is 0.256 e. The van der Waals surface area contributed by atoms with Gasteiger partial charge in [-0.15, -0.1) is 11.3 Å². The van der Waals surface area contributed by atoms with Crippen molar-refractivity contribution in [1.82, 2.24) is 10.2 Å². The minimum absolute atomic E-state index is 0.00949. The highest BCUT2D eigenvalue weighted by atomic mass is 32.1. The lowest BCUT2D eigenvalue weighted by Gasteiger charge is -2.27. The van der Waals surface area contributed by atoms with Crippen LogP contribution >= 0.6 is 11.3 Å². The summed E-state index contributed by atoms with van der Waals surface area (Å²) >= 11 is 1.71. The van der Waals surface area contributed by atoms with Gasteiger partial charge in [0.15, 0.2) is 6.17 Å². The number of hydrogen-bond donors (Lipinski definition) is 2. The number of fused-ring (bicyclic) bond motifs is 3. The quantitative estimate of drug-likeness (QED) is 0.894. The summed E-state index contributed by atoms with van der Waals surface area (Å²) in [5, 5.41) is 7.41. The molecule has 2 aromatic heterocycles. The van der Waals surface area contributed by atoms with Crippen molar-refractivity contribution < 1.29 is 9.21 Å². The van der Waals surface area contributed by atoms with Crippen molar-refractivity contribution in [1.29, 1.82) is 0 Å². The van der Waals surface area contributed by atoms with Crippen molar-refractivity contribution in [3.63, 3.8) is 0 Å². The van der Waals surface area contributed by atoms with E-state index in [1.807, 2.05) is 19.1 Å². The first kappa shape index (κ1) is 13.8. The highest BCUT2D eigenvalue weighted by Gasteiger charge is 2.33. The second-order valence-corrected chi connectivity index (χ2v) is 6.93. The Morgan fingerprint density at radius 2 is 2.27 bits per heavy atom. The second kappa shape index (κ2) is 5.14. The molecule has 0 saturated carbocycles. The Morgan fingerprint density at radius 1 is 1.41 bits per heavy atom. The van der Waals surface area contributed by atoms with E-state index in [0.29, 0.717) is 0 Å². The van der Waals surface area contributed by atoms with Gasteiger partial charge in [-0.05, 0) is 37.6 Å². The number of carbonyl (C=O) groups excluding carboxylic acids is 1. The number of rotatable bonds is 2. The Hall–Kier alpha value is -1.79. The van der Waals surface area contributed by atoms with E-state index >= 15 is 0 Å². The molecule has 0 radical (unpaired) electrons. The average Bonchev–Trinajstić information content (AvgIpc) is 3.09. The monoisotopic (exact) mass is 317 g/mol. The molecule has 0 aromatic carbocycles. The SMILES string of the molecule is CCN1CCc2c(sc3c2C(=O)N[C@@H](c2ccc(C)o2)N3)C1. The van der Waals surface area contributed by atoms with Crippen molar-refractivity contribution >= 4 is 22.2 Å². The zero-order chi connectivity index (χ0) is 15.3. The normalized spacial score (nSPS) is 21.0. The topological polar surface area (TPSA) is 57.5 Å². The molecule has 0 unspecified atom stereocenters. The number of nitrogens with zero attached hydrogens (tertiary/aromatic N) is 1. The Balaban J connectivity index is 1.67. The minimum atomic E-state index is -0.281. The van der Waals surface area contributed by atoms with E-state index in [0.717, 1.165) is 48.1 Å². The van der Waals surface area contributed by atoms with Gasteiger partial charge in [0.05, 0.1) is 5.56 Å². The van der Waals surface area contributed by atoms with Crippen LogP contribution < -0.4 is 10.6 Å². The van der Waals surface area contributed by atoms with Gasteiger partial charge in [0, 0.05) is 18.0 Å². The van der Waals surface area contributed by atoms with Crippen molar-refractivity contribution in [2.24, 2.45) is 0 Å². The number of anilines is 1. The lowest BCUT2D eigenvalue weighted by atomic mass is 10.0. The first-order chi connectivity index (χ1) is 10.7. The number of furan rings is 1. The van der Waals surface area contributed by atoms with Gasteiger partial charge in [0.2, 0.25) is 0 Å². The van der Waals surface area contributed by atoms with E-state index in [2.05, 4.69) is 22.5 Å². The second-order valence-electron chi connectivity index (χ2n) is 5.83. The summed E-state index contributed by atoms with van der Waals surface area (Å²) in [6.07, 6.45) is 0.672. The molecule has 6 heteroatoms. The van der Waals surface area contributed by atoms with Crippen LogP contribution in [0.15, 0.2) is 16.5 Å². The van der Waals surface area contributed by atoms with Gasteiger partial charge in [-0.2, -0.15) is 0 Å². The predicted octanol–water partition coefficient (Wildman–Crippen LogP) is 2.88. The summed E-state index contributed by atoms with van der Waals surface area (Å²) in [5.74, 6) is 1.61. The van der Waals surface area contributed by atoms with Crippen molar-refractivity contribution in [3.8, 4) is 0 Å². The molecule has 0 aliphatic carbocycles. The van der Waals surface area contributed by atoms with Crippen LogP contribution in [0.1, 0.15) is 45.4 Å². The third kappa shape index (κ3) is 2.14. The lowest BCUT2D eigenvalue weighted by molar-refractivity contribution is 0.0929. The van der Waals surface area contributed by atoms with E-state index in [-0.39, 0.29) is 12.1 Å². The van der Waals surface area contributed by atoms with E-state index in [1.165, 1.54) is 10.4 Å². The molecule has 0 saturated heterocycles. The van der Waals surface area contributed by atoms with Gasteiger partial charge < -0.3 is 15.1 Å². The molecule has 4 rings (SSSR count). The zero-order valence-corrected chi connectivity index (χ0v) is 13.5. The summed E-state index contributed by atoms with van der Waals surface area (Å²) in [7, 11) is 0. The first-order valence-electron chi connectivity index (χ1n) is 7.66. The standard InChI is InChI=1S/C16H19N3O2S/c1-3-19-7-6-10-12(8-19)22-16-13(10)15(20)17-14(18-16)11-5-4-9(2)21-11/h4-5,14,18H,3,6-8H2,1-2H3,(H,17,20)/t14-/m1/s1. The van der Waals surface area contributed by atoms with E-state index in [9.17, 15) is 4.79 Å². The number of likely N-dealkylation sites (N-methyl/N-ethyl adjacent to an activating group) is 1. The molecule has 0 bridgehead atoms. The first-order valence-corrected chi connectivity index (χ1v) is 8.48. The van der Waals surface area contributed by atoms with Crippen molar-refractivity contribution in [2.45, 2.75) is 33.0 Å². The molecule has 4 heterocycles. The van der Waals surface area contributed by atoms with Gasteiger partial charge in [0.25, 0.3) is 5.91 Å². The maximum absolute atomic E-state index is 12.6. The maximum atomic E-state index is 12.6. The molecule has 116 valence electrons. The third-order valence-electron chi connectivity index (χ3n) is 4.41. The largest absolute Gasteiger partial charge is 0.462 e. The van der Waals surface area contributed by atoms with Crippen LogP contribution in [0, 0.1) is 6.92 Å². The molecule has 2 N–H and O–H groups in total. The molecule has 2 aliphatic heterocycles. The molecule has 0 fully saturated rings. The number of amides is 1. The van der Waals surface area contributed by atoms with E-state index in [4.69, 9.17) is 4.42 Å². The van der Waals surface area contributed by atoms with Gasteiger partial charge >= 0.3 is 0 Å². The van der Waals surface area contributed by atoms with Crippen LogP contribution in [0.4, 0.5) is 5.00 Å². The van der Waals surface area contributed by atoms with Crippen LogP contribution in [0.2, 0.25) is 0 Å². The third-order valence-corrected chi connectivity index (χ3v) is 5.55. The number of aryl methyl sites for hydroxylation is 1. The highest BCUT2D eigenvalue weighted by Crippen LogP contribution is 2.40. The molecule has 2 aliphatic rings. The van der Waals surface area contributed by atoms with Gasteiger partial charge in [-0.25, -0.2) is 0 Å². The molecular weight excluding hydrogens is 298 g/mol. The highest BCUT2D eigenvalue weighted by molar-refractivity contribution is 7.16. The van der Waals surface area contributed by atoms with Crippen LogP contribution in [0.5, 0.6) is 0 Å². The fourth-order valence-corrected chi connectivity index (χ4v) is 4.51. The Labute approximate surface area is 133 Å². The minimum Gasteiger partial charge on any atom is -0.462 e. The Kier molecular flexibility index (Phi) is 3.23. The molecular formula is C16H19N3O2S. The number of carbonyl (C=O) groups is 1. The van der Waals surface area contributed by atoms with Crippen LogP contribution in [0.25, 0.3) is 0 Å². The van der Waals surface area contributed by atoms with Crippen LogP contribution in [-0.4, -0.2) is 23.9 Å². The fraction of sp³-hybridized carbons (Fsp3) is 0.438. The number of hydrogen-bond acceptors (Lipinski definition) is 5. The van der Waals surface area contributed by atoms with Crippen LogP contribution in [-0.2, 0) is 13.0 Å². The lowest BCUT2D eigenvalue weighted by Crippen LogP contribution is -2.38. The van der Waals surface area contributed by atoms with Gasteiger partial charge in [-0.3, -0.25) is 9.69 Å². The smallest absolute Gasteiger partial charge is 0.256 e. The number of nitrogens with one attached hydrogen (secondary N) is 2. The molecule has 22 heavy (non-hydrogen) atoms. The zero-order valence-electron chi connectivity index (χ0n) is 12.7. The summed E-state index contributed by atoms with van der Waals surface area (Å²) in [6.45, 7) is 7.11. The Morgan fingerprint density at radius 3 is 3.00 bits per heavy atom. The van der Waals surface area contributed by atoms with Gasteiger partial charge in [-0.1, -0.05) is 6.92 Å². The summed E-state index contributed by atoms with van der Waals surface area (Å²) in [6, 6.07) is 3.82. The Bertz CT molecular complexity index is 734. The molecule has 1 atom stereocenters. The molecule has 2 aromatic rings. The summed E-state index contributed by atoms with van der Waals surface area (Å²) in [4.78, 5) is 16.3. The average molecular weight is 317 g/mol.